The van der Waals surface area contributed by atoms with Crippen LogP contribution >= 0.6 is 0 Å². The quantitative estimate of drug-likeness (QED) is 0.635. The second-order valence-corrected chi connectivity index (χ2v) is 6.60. The molecule has 0 aromatic rings. The maximum Gasteiger partial charge on any atom is 0.328 e. The lowest BCUT2D eigenvalue weighted by molar-refractivity contribution is -0.131. The van der Waals surface area contributed by atoms with E-state index in [1.165, 1.54) is 12.5 Å². The number of Topliss-reactive ketones (excluding diaryl/α,β-unsaturated/α-hetero) is 1. The Labute approximate surface area is 126 Å². The summed E-state index contributed by atoms with van der Waals surface area (Å²) >= 11 is 0. The normalized spacial score (nSPS) is 33.8. The van der Waals surface area contributed by atoms with Gasteiger partial charge in [-0.25, -0.2) is 4.79 Å². The van der Waals surface area contributed by atoms with Gasteiger partial charge in [0, 0.05) is 12.5 Å². The first kappa shape index (κ1) is 15.7. The highest BCUT2D eigenvalue weighted by Crippen LogP contribution is 2.47. The van der Waals surface area contributed by atoms with E-state index in [0.717, 1.165) is 23.6 Å². The molecule has 1 fully saturated rings. The largest absolute Gasteiger partial charge is 0.478 e. The van der Waals surface area contributed by atoms with Crippen molar-refractivity contribution in [3.63, 3.8) is 0 Å². The van der Waals surface area contributed by atoms with Crippen LogP contribution in [0.5, 0.6) is 0 Å². The topological polar surface area (TPSA) is 54.4 Å². The van der Waals surface area contributed by atoms with E-state index in [9.17, 15) is 9.59 Å². The van der Waals surface area contributed by atoms with Crippen molar-refractivity contribution in [2.24, 2.45) is 23.7 Å². The fourth-order valence-electron chi connectivity index (χ4n) is 4.11. The highest BCUT2D eigenvalue weighted by molar-refractivity contribution is 5.97. The van der Waals surface area contributed by atoms with Crippen LogP contribution in [0.25, 0.3) is 0 Å². The molecular weight excluding hydrogens is 264 g/mol. The van der Waals surface area contributed by atoms with Crippen LogP contribution < -0.4 is 0 Å². The van der Waals surface area contributed by atoms with Gasteiger partial charge in [-0.05, 0) is 54.6 Å². The fraction of sp³-hybridized carbons (Fsp3) is 0.556. The average Bonchev–Trinajstić information content (AvgIpc) is 2.38. The third kappa shape index (κ3) is 3.52. The zero-order valence-electron chi connectivity index (χ0n) is 13.0. The van der Waals surface area contributed by atoms with Crippen LogP contribution in [0.4, 0.5) is 0 Å². The summed E-state index contributed by atoms with van der Waals surface area (Å²) in [6, 6.07) is 0. The van der Waals surface area contributed by atoms with E-state index in [2.05, 4.69) is 13.8 Å². The maximum atomic E-state index is 12.2. The zero-order valence-corrected chi connectivity index (χ0v) is 13.0. The van der Waals surface area contributed by atoms with E-state index in [-0.39, 0.29) is 5.78 Å². The van der Waals surface area contributed by atoms with Crippen LogP contribution in [0, 0.1) is 23.7 Å². The summed E-state index contributed by atoms with van der Waals surface area (Å²) in [5, 5.41) is 8.62. The number of carbonyl (C=O) groups excluding carboxylic acids is 1. The van der Waals surface area contributed by atoms with E-state index in [1.54, 1.807) is 6.08 Å². The molecular formula is C18H24O3. The van der Waals surface area contributed by atoms with Gasteiger partial charge in [-0.2, -0.15) is 0 Å². The Hall–Kier alpha value is -1.64. The first-order valence-electron chi connectivity index (χ1n) is 7.71. The standard InChI is InChI=1S/C18H24O3/c1-11-8-12(2)18-14(9-11)10-16(19)13(3)15(18)6-4-5-7-17(20)21/h4-7,11-12,14,18H,8-10H2,1-3H3,(H,20,21)/b6-4+,7-5+/t11-,12-,14+,18+/m1/s1. The minimum atomic E-state index is -0.956. The van der Waals surface area contributed by atoms with Gasteiger partial charge < -0.3 is 5.11 Å². The molecule has 1 saturated carbocycles. The molecule has 2 aliphatic rings. The van der Waals surface area contributed by atoms with Gasteiger partial charge in [-0.15, -0.1) is 0 Å². The Kier molecular flexibility index (Phi) is 4.81. The van der Waals surface area contributed by atoms with Gasteiger partial charge >= 0.3 is 5.97 Å². The Bertz CT molecular complexity index is 525. The summed E-state index contributed by atoms with van der Waals surface area (Å²) in [6.45, 7) is 6.45. The number of ketones is 1. The third-order valence-corrected chi connectivity index (χ3v) is 4.88. The van der Waals surface area contributed by atoms with Gasteiger partial charge in [0.2, 0.25) is 0 Å². The molecule has 0 unspecified atom stereocenters. The number of carboxylic acids is 1. The van der Waals surface area contributed by atoms with Crippen LogP contribution in [-0.2, 0) is 9.59 Å². The van der Waals surface area contributed by atoms with Gasteiger partial charge in [0.05, 0.1) is 0 Å². The van der Waals surface area contributed by atoms with Gasteiger partial charge in [0.25, 0.3) is 0 Å². The summed E-state index contributed by atoms with van der Waals surface area (Å²) in [6.07, 6.45) is 9.31. The maximum absolute atomic E-state index is 12.2. The lowest BCUT2D eigenvalue weighted by Crippen LogP contribution is -2.37. The number of rotatable bonds is 3. The van der Waals surface area contributed by atoms with Crippen molar-refractivity contribution in [3.8, 4) is 0 Å². The van der Waals surface area contributed by atoms with Crippen molar-refractivity contribution in [2.75, 3.05) is 0 Å². The van der Waals surface area contributed by atoms with Crippen molar-refractivity contribution in [2.45, 2.75) is 40.0 Å². The van der Waals surface area contributed by atoms with Crippen molar-refractivity contribution in [3.05, 3.63) is 35.5 Å². The van der Waals surface area contributed by atoms with Crippen molar-refractivity contribution >= 4 is 11.8 Å². The SMILES string of the molecule is CC1=C(/C=C/C=C/C(=O)O)[C@@H]2[C@H](CC1=O)C[C@H](C)C[C@H]2C. The predicted octanol–water partition coefficient (Wildman–Crippen LogP) is 3.77. The molecule has 21 heavy (non-hydrogen) atoms. The van der Waals surface area contributed by atoms with E-state index < -0.39 is 5.97 Å². The van der Waals surface area contributed by atoms with Crippen LogP contribution in [0.1, 0.15) is 40.0 Å². The zero-order chi connectivity index (χ0) is 15.6. The lowest BCUT2D eigenvalue weighted by Gasteiger charge is -2.43. The Morgan fingerprint density at radius 2 is 1.95 bits per heavy atom. The molecule has 0 spiro atoms. The fourth-order valence-corrected chi connectivity index (χ4v) is 4.11. The minimum absolute atomic E-state index is 0.249. The highest BCUT2D eigenvalue weighted by atomic mass is 16.4. The van der Waals surface area contributed by atoms with Gasteiger partial charge in [0.1, 0.15) is 0 Å². The van der Waals surface area contributed by atoms with Crippen LogP contribution in [0.15, 0.2) is 35.5 Å². The molecule has 0 aromatic heterocycles. The molecule has 0 radical (unpaired) electrons. The van der Waals surface area contributed by atoms with E-state index in [0.29, 0.717) is 30.1 Å². The van der Waals surface area contributed by atoms with Gasteiger partial charge in [-0.3, -0.25) is 4.79 Å². The number of hydrogen-bond acceptors (Lipinski definition) is 2. The first-order chi connectivity index (χ1) is 9.90. The smallest absolute Gasteiger partial charge is 0.328 e. The number of hydrogen-bond donors (Lipinski definition) is 1. The Balaban J connectivity index is 2.28. The average molecular weight is 288 g/mol. The van der Waals surface area contributed by atoms with Gasteiger partial charge in [0.15, 0.2) is 5.78 Å². The number of aliphatic carboxylic acids is 1. The second-order valence-electron chi connectivity index (χ2n) is 6.60. The van der Waals surface area contributed by atoms with Crippen LogP contribution in [-0.4, -0.2) is 16.9 Å². The molecule has 114 valence electrons. The summed E-state index contributed by atoms with van der Waals surface area (Å²) in [7, 11) is 0. The molecule has 0 bridgehead atoms. The molecule has 2 rings (SSSR count). The van der Waals surface area contributed by atoms with Gasteiger partial charge in [-0.1, -0.05) is 32.1 Å². The van der Waals surface area contributed by atoms with E-state index >= 15 is 0 Å². The molecule has 4 atom stereocenters. The molecule has 3 heteroatoms. The number of allylic oxidation sites excluding steroid dienone is 5. The van der Waals surface area contributed by atoms with Crippen molar-refractivity contribution < 1.29 is 14.7 Å². The summed E-state index contributed by atoms with van der Waals surface area (Å²) in [4.78, 5) is 22.7. The van der Waals surface area contributed by atoms with E-state index in [1.807, 2.05) is 13.0 Å². The number of fused-ring (bicyclic) bond motifs is 1. The molecule has 0 saturated heterocycles. The molecule has 0 aromatic carbocycles. The summed E-state index contributed by atoms with van der Waals surface area (Å²) < 4.78 is 0. The molecule has 0 amide bonds. The first-order valence-corrected chi connectivity index (χ1v) is 7.71. The third-order valence-electron chi connectivity index (χ3n) is 4.88. The molecule has 1 N–H and O–H groups in total. The van der Waals surface area contributed by atoms with Crippen LogP contribution in [0.2, 0.25) is 0 Å². The summed E-state index contributed by atoms with van der Waals surface area (Å²) in [5.41, 5.74) is 1.98. The number of carboxylic acid groups (broad SMARTS) is 1. The van der Waals surface area contributed by atoms with E-state index in [4.69, 9.17) is 5.11 Å². The van der Waals surface area contributed by atoms with Crippen LogP contribution in [0.3, 0.4) is 0 Å². The number of carbonyl (C=O) groups is 2. The Morgan fingerprint density at radius 3 is 2.62 bits per heavy atom. The monoisotopic (exact) mass is 288 g/mol. The molecule has 3 nitrogen and oxygen atoms in total. The molecule has 0 aliphatic heterocycles. The molecule has 0 heterocycles. The second kappa shape index (κ2) is 6.42. The lowest BCUT2D eigenvalue weighted by atomic mass is 9.61. The highest BCUT2D eigenvalue weighted by Gasteiger charge is 2.40. The molecule has 2 aliphatic carbocycles. The van der Waals surface area contributed by atoms with Crippen molar-refractivity contribution in [1.82, 2.24) is 0 Å². The Morgan fingerprint density at radius 1 is 1.24 bits per heavy atom. The summed E-state index contributed by atoms with van der Waals surface area (Å²) in [5.74, 6) is 1.44. The minimum Gasteiger partial charge on any atom is -0.478 e. The van der Waals surface area contributed by atoms with Crippen molar-refractivity contribution in [1.29, 1.82) is 0 Å². The predicted molar refractivity (Wildman–Crippen MR) is 82.8 cm³/mol.